The summed E-state index contributed by atoms with van der Waals surface area (Å²) in [6.45, 7) is 0.282. The Morgan fingerprint density at radius 2 is 2.00 bits per heavy atom. The lowest BCUT2D eigenvalue weighted by Crippen LogP contribution is -2.26. The molecular weight excluding hydrogens is 331 g/mol. The largest absolute Gasteiger partial charge is 0.353 e. The van der Waals surface area contributed by atoms with Crippen molar-refractivity contribution in [1.29, 1.82) is 0 Å². The predicted octanol–water partition coefficient (Wildman–Crippen LogP) is 0.0423. The molecule has 0 amide bonds. The zero-order chi connectivity index (χ0) is 11.3. The minimum absolute atomic E-state index is 0.00114. The van der Waals surface area contributed by atoms with Gasteiger partial charge in [-0.25, -0.2) is 23.1 Å². The first-order valence-corrected chi connectivity index (χ1v) is 6.89. The lowest BCUT2D eigenvalue weighted by Gasteiger charge is -2.04. The summed E-state index contributed by atoms with van der Waals surface area (Å²) in [4.78, 5) is 7.96. The van der Waals surface area contributed by atoms with Gasteiger partial charge in [-0.05, 0) is 29.6 Å². The van der Waals surface area contributed by atoms with Gasteiger partial charge < -0.3 is 5.32 Å². The van der Waals surface area contributed by atoms with Gasteiger partial charge in [0.15, 0.2) is 0 Å². The second-order valence-electron chi connectivity index (χ2n) is 2.67. The van der Waals surface area contributed by atoms with Gasteiger partial charge in [0.1, 0.15) is 0 Å². The summed E-state index contributed by atoms with van der Waals surface area (Å²) in [6.07, 6.45) is 3.31. The van der Waals surface area contributed by atoms with E-state index in [-0.39, 0.29) is 12.3 Å². The van der Waals surface area contributed by atoms with Crippen molar-refractivity contribution in [2.24, 2.45) is 0 Å². The third-order valence-electron chi connectivity index (χ3n) is 1.59. The Balaban J connectivity index is 2.42. The van der Waals surface area contributed by atoms with Crippen LogP contribution in [0.1, 0.15) is 0 Å². The van der Waals surface area contributed by atoms with Crippen molar-refractivity contribution >= 4 is 38.6 Å². The van der Waals surface area contributed by atoms with E-state index in [9.17, 15) is 8.42 Å². The van der Waals surface area contributed by atoms with Crippen LogP contribution in [0.5, 0.6) is 0 Å². The molecule has 1 aromatic rings. The second-order valence-corrected chi connectivity index (χ2v) is 5.97. The molecule has 0 aliphatic rings. The van der Waals surface area contributed by atoms with Crippen LogP contribution < -0.4 is 10.0 Å². The second kappa shape index (κ2) is 5.56. The molecule has 1 heterocycles. The van der Waals surface area contributed by atoms with Crippen molar-refractivity contribution in [3.05, 3.63) is 16.0 Å². The van der Waals surface area contributed by atoms with E-state index in [4.69, 9.17) is 0 Å². The summed E-state index contributed by atoms with van der Waals surface area (Å²) in [6, 6.07) is 0. The summed E-state index contributed by atoms with van der Waals surface area (Å²) < 4.78 is 25.3. The molecule has 0 radical (unpaired) electrons. The van der Waals surface area contributed by atoms with E-state index in [1.165, 1.54) is 7.05 Å². The molecule has 84 valence electrons. The average molecular weight is 342 g/mol. The van der Waals surface area contributed by atoms with Crippen molar-refractivity contribution in [2.45, 2.75) is 0 Å². The third kappa shape index (κ3) is 4.71. The highest BCUT2D eigenvalue weighted by molar-refractivity contribution is 14.1. The predicted molar refractivity (Wildman–Crippen MR) is 66.1 cm³/mol. The number of hydrogen-bond acceptors (Lipinski definition) is 5. The molecule has 0 spiro atoms. The molecule has 6 nitrogen and oxygen atoms in total. The van der Waals surface area contributed by atoms with E-state index in [2.05, 4.69) is 42.6 Å². The number of aromatic nitrogens is 2. The first kappa shape index (κ1) is 12.6. The number of nitrogens with one attached hydrogen (secondary N) is 2. The number of sulfonamides is 1. The zero-order valence-electron chi connectivity index (χ0n) is 8.07. The van der Waals surface area contributed by atoms with E-state index < -0.39 is 10.0 Å². The highest BCUT2D eigenvalue weighted by Gasteiger charge is 2.05. The Labute approximate surface area is 102 Å². The molecule has 0 fully saturated rings. The first-order valence-electron chi connectivity index (χ1n) is 4.16. The lowest BCUT2D eigenvalue weighted by atomic mass is 10.6. The summed E-state index contributed by atoms with van der Waals surface area (Å²) in [5.41, 5.74) is 0. The number of anilines is 1. The smallest absolute Gasteiger partial charge is 0.222 e. The van der Waals surface area contributed by atoms with Gasteiger partial charge in [0.05, 0.1) is 5.75 Å². The highest BCUT2D eigenvalue weighted by atomic mass is 127. The molecule has 15 heavy (non-hydrogen) atoms. The Morgan fingerprint density at radius 1 is 1.40 bits per heavy atom. The molecule has 0 aliphatic carbocycles. The molecule has 0 aromatic carbocycles. The number of hydrogen-bond donors (Lipinski definition) is 2. The van der Waals surface area contributed by atoms with E-state index >= 15 is 0 Å². The molecule has 0 aliphatic heterocycles. The number of rotatable bonds is 5. The van der Waals surface area contributed by atoms with Crippen LogP contribution in [0.15, 0.2) is 12.4 Å². The van der Waals surface area contributed by atoms with Crippen LogP contribution in [0.2, 0.25) is 0 Å². The maximum Gasteiger partial charge on any atom is 0.222 e. The lowest BCUT2D eigenvalue weighted by molar-refractivity contribution is 0.588. The molecule has 0 atom stereocenters. The van der Waals surface area contributed by atoms with Gasteiger partial charge in [0.25, 0.3) is 0 Å². The maximum absolute atomic E-state index is 11.1. The van der Waals surface area contributed by atoms with Crippen LogP contribution >= 0.6 is 22.6 Å². The molecule has 1 rings (SSSR count). The van der Waals surface area contributed by atoms with Gasteiger partial charge in [0.2, 0.25) is 16.0 Å². The zero-order valence-corrected chi connectivity index (χ0v) is 11.0. The number of nitrogens with zero attached hydrogens (tertiary/aromatic N) is 2. The normalized spacial score (nSPS) is 11.3. The van der Waals surface area contributed by atoms with E-state index in [0.717, 1.165) is 3.57 Å². The molecule has 8 heteroatoms. The van der Waals surface area contributed by atoms with Crippen LogP contribution in [0.3, 0.4) is 0 Å². The molecule has 0 saturated carbocycles. The van der Waals surface area contributed by atoms with Crippen LogP contribution in [0, 0.1) is 3.57 Å². The SMILES string of the molecule is CNS(=O)(=O)CCNc1ncc(I)cn1. The van der Waals surface area contributed by atoms with E-state index in [1.807, 2.05) is 0 Å². The minimum atomic E-state index is -3.17. The van der Waals surface area contributed by atoms with E-state index in [1.54, 1.807) is 12.4 Å². The standard InChI is InChI=1S/C7H11IN4O2S/c1-9-15(13,14)3-2-10-7-11-4-6(8)5-12-7/h4-5,9H,2-3H2,1H3,(H,10,11,12). The van der Waals surface area contributed by atoms with Crippen molar-refractivity contribution in [3.63, 3.8) is 0 Å². The van der Waals surface area contributed by atoms with Crippen molar-refractivity contribution in [1.82, 2.24) is 14.7 Å². The Morgan fingerprint density at radius 3 is 2.53 bits per heavy atom. The molecule has 0 saturated heterocycles. The van der Waals surface area contributed by atoms with Gasteiger partial charge in [-0.1, -0.05) is 0 Å². The summed E-state index contributed by atoms with van der Waals surface area (Å²) in [5.74, 6) is 0.431. The van der Waals surface area contributed by atoms with Crippen LogP contribution in [-0.2, 0) is 10.0 Å². The fraction of sp³-hybridized carbons (Fsp3) is 0.429. The monoisotopic (exact) mass is 342 g/mol. The number of halogens is 1. The van der Waals surface area contributed by atoms with Gasteiger partial charge >= 0.3 is 0 Å². The van der Waals surface area contributed by atoms with Gasteiger partial charge in [-0.3, -0.25) is 0 Å². The fourth-order valence-electron chi connectivity index (χ4n) is 0.803. The van der Waals surface area contributed by atoms with Gasteiger partial charge in [0, 0.05) is 22.5 Å². The van der Waals surface area contributed by atoms with Crippen LogP contribution in [0.4, 0.5) is 5.95 Å². The van der Waals surface area contributed by atoms with Crippen molar-refractivity contribution < 1.29 is 8.42 Å². The van der Waals surface area contributed by atoms with Crippen molar-refractivity contribution in [3.8, 4) is 0 Å². The summed E-state index contributed by atoms with van der Waals surface area (Å²) >= 11 is 2.09. The Hall–Kier alpha value is -0.480. The van der Waals surface area contributed by atoms with Gasteiger partial charge in [-0.15, -0.1) is 0 Å². The van der Waals surface area contributed by atoms with E-state index in [0.29, 0.717) is 5.95 Å². The topological polar surface area (TPSA) is 84.0 Å². The Kier molecular flexibility index (Phi) is 4.67. The molecule has 2 N–H and O–H groups in total. The maximum atomic E-state index is 11.1. The molecular formula is C7H11IN4O2S. The van der Waals surface area contributed by atoms with Crippen LogP contribution in [0.25, 0.3) is 0 Å². The van der Waals surface area contributed by atoms with Gasteiger partial charge in [-0.2, -0.15) is 0 Å². The molecule has 0 bridgehead atoms. The highest BCUT2D eigenvalue weighted by Crippen LogP contribution is 2.02. The molecule has 1 aromatic heterocycles. The Bertz CT molecular complexity index is 406. The fourth-order valence-corrected chi connectivity index (χ4v) is 1.66. The third-order valence-corrected chi connectivity index (χ3v) is 3.51. The minimum Gasteiger partial charge on any atom is -0.353 e. The van der Waals surface area contributed by atoms with Crippen LogP contribution in [-0.4, -0.2) is 37.7 Å². The molecule has 0 unspecified atom stereocenters. The first-order chi connectivity index (χ1) is 7.03. The average Bonchev–Trinajstić information content (AvgIpc) is 2.21. The van der Waals surface area contributed by atoms with Crippen molar-refractivity contribution in [2.75, 3.05) is 24.7 Å². The quantitative estimate of drug-likeness (QED) is 0.739. The summed E-state index contributed by atoms with van der Waals surface area (Å²) in [7, 11) is -1.78. The summed E-state index contributed by atoms with van der Waals surface area (Å²) in [5, 5.41) is 2.82.